The summed E-state index contributed by atoms with van der Waals surface area (Å²) in [7, 11) is 0. The molecule has 0 aliphatic carbocycles. The monoisotopic (exact) mass is 477 g/mol. The Bertz CT molecular complexity index is 1270. The van der Waals surface area contributed by atoms with Gasteiger partial charge in [-0.1, -0.05) is 98.8 Å². The van der Waals surface area contributed by atoms with E-state index in [4.69, 9.17) is 4.74 Å². The van der Waals surface area contributed by atoms with Gasteiger partial charge in [0.05, 0.1) is 5.92 Å². The number of carbonyl (C=O) groups is 1. The highest BCUT2D eigenvalue weighted by Gasteiger charge is 2.23. The van der Waals surface area contributed by atoms with E-state index in [0.717, 1.165) is 41.0 Å². The van der Waals surface area contributed by atoms with Gasteiger partial charge in [0.1, 0.15) is 12.4 Å². The first-order valence-electron chi connectivity index (χ1n) is 12.7. The molecule has 3 nitrogen and oxygen atoms in total. The van der Waals surface area contributed by atoms with Gasteiger partial charge in [0.15, 0.2) is 0 Å². The van der Waals surface area contributed by atoms with Gasteiger partial charge >= 0.3 is 0 Å². The van der Waals surface area contributed by atoms with Gasteiger partial charge in [0, 0.05) is 5.69 Å². The summed E-state index contributed by atoms with van der Waals surface area (Å²) < 4.78 is 5.99. The molecule has 1 N–H and O–H groups in total. The van der Waals surface area contributed by atoms with E-state index in [-0.39, 0.29) is 11.8 Å². The van der Waals surface area contributed by atoms with Crippen LogP contribution in [-0.4, -0.2) is 5.91 Å². The number of rotatable bonds is 10. The predicted octanol–water partition coefficient (Wildman–Crippen LogP) is 7.93. The van der Waals surface area contributed by atoms with Crippen molar-refractivity contribution in [2.24, 2.45) is 5.92 Å². The fraction of sp³-hybridized carbons (Fsp3) is 0.242. The highest BCUT2D eigenvalue weighted by atomic mass is 16.5. The lowest BCUT2D eigenvalue weighted by atomic mass is 9.89. The van der Waals surface area contributed by atoms with Crippen LogP contribution in [0, 0.1) is 12.8 Å². The van der Waals surface area contributed by atoms with E-state index in [2.05, 4.69) is 68.6 Å². The van der Waals surface area contributed by atoms with Crippen LogP contribution in [0.1, 0.15) is 54.0 Å². The van der Waals surface area contributed by atoms with Crippen LogP contribution in [0.2, 0.25) is 0 Å². The van der Waals surface area contributed by atoms with Gasteiger partial charge in [-0.2, -0.15) is 0 Å². The molecule has 0 saturated carbocycles. The first-order chi connectivity index (χ1) is 17.5. The third kappa shape index (κ3) is 6.85. The third-order valence-electron chi connectivity index (χ3n) is 6.45. The van der Waals surface area contributed by atoms with Crippen molar-refractivity contribution in [1.29, 1.82) is 0 Å². The van der Waals surface area contributed by atoms with Gasteiger partial charge < -0.3 is 10.1 Å². The van der Waals surface area contributed by atoms with Crippen molar-refractivity contribution in [3.8, 4) is 5.75 Å². The minimum absolute atomic E-state index is 0.0297. The molecule has 0 spiro atoms. The van der Waals surface area contributed by atoms with Crippen LogP contribution in [0.3, 0.4) is 0 Å². The molecule has 4 aromatic rings. The highest BCUT2D eigenvalue weighted by Crippen LogP contribution is 2.29. The number of hydrogen-bond acceptors (Lipinski definition) is 2. The van der Waals surface area contributed by atoms with Crippen LogP contribution in [0.25, 0.3) is 0 Å². The lowest BCUT2D eigenvalue weighted by Crippen LogP contribution is -2.23. The molecule has 1 atom stereocenters. The lowest BCUT2D eigenvalue weighted by molar-refractivity contribution is -0.118. The fourth-order valence-corrected chi connectivity index (χ4v) is 4.45. The van der Waals surface area contributed by atoms with E-state index in [0.29, 0.717) is 12.5 Å². The first-order valence-corrected chi connectivity index (χ1v) is 12.7. The SMILES string of the molecule is Cc1ccccc1Cc1ccc(COc2ccccc2)cc1NC(=O)C(CC(C)C)c1ccccc1. The van der Waals surface area contributed by atoms with Gasteiger partial charge in [0.25, 0.3) is 0 Å². The molecule has 0 aliphatic rings. The Hall–Kier alpha value is -3.85. The molecular weight excluding hydrogens is 442 g/mol. The van der Waals surface area contributed by atoms with E-state index in [1.54, 1.807) is 0 Å². The molecule has 0 aliphatic heterocycles. The number of hydrogen-bond donors (Lipinski definition) is 1. The molecule has 4 aromatic carbocycles. The van der Waals surface area contributed by atoms with Crippen LogP contribution in [-0.2, 0) is 17.8 Å². The van der Waals surface area contributed by atoms with E-state index in [1.165, 1.54) is 11.1 Å². The van der Waals surface area contributed by atoms with Crippen LogP contribution >= 0.6 is 0 Å². The van der Waals surface area contributed by atoms with Gasteiger partial charge in [-0.05, 0) is 71.7 Å². The second-order valence-electron chi connectivity index (χ2n) is 9.78. The van der Waals surface area contributed by atoms with Crippen molar-refractivity contribution in [2.45, 2.75) is 46.1 Å². The standard InChI is InChI=1S/C33H35NO2/c1-24(2)20-31(27-13-6-4-7-14-27)33(35)34-32-21-26(23-36-30-16-8-5-9-17-30)18-19-29(32)22-28-15-11-10-12-25(28)3/h4-19,21,24,31H,20,22-23H2,1-3H3,(H,34,35). The second kappa shape index (κ2) is 12.2. The van der Waals surface area contributed by atoms with E-state index >= 15 is 0 Å². The number of ether oxygens (including phenoxy) is 1. The van der Waals surface area contributed by atoms with E-state index < -0.39 is 0 Å². The van der Waals surface area contributed by atoms with Crippen LogP contribution in [0.4, 0.5) is 5.69 Å². The van der Waals surface area contributed by atoms with Crippen LogP contribution < -0.4 is 10.1 Å². The zero-order valence-corrected chi connectivity index (χ0v) is 21.4. The maximum absolute atomic E-state index is 13.7. The normalized spacial score (nSPS) is 11.8. The molecule has 3 heteroatoms. The zero-order chi connectivity index (χ0) is 25.3. The average Bonchev–Trinajstić information content (AvgIpc) is 2.89. The number of amides is 1. The number of carbonyl (C=O) groups excluding carboxylic acids is 1. The number of para-hydroxylation sites is 1. The van der Waals surface area contributed by atoms with Crippen molar-refractivity contribution >= 4 is 11.6 Å². The summed E-state index contributed by atoms with van der Waals surface area (Å²) in [5, 5.41) is 3.30. The van der Waals surface area contributed by atoms with Crippen molar-refractivity contribution in [2.75, 3.05) is 5.32 Å². The molecule has 0 radical (unpaired) electrons. The molecular formula is C33H35NO2. The molecule has 0 bridgehead atoms. The molecule has 0 aromatic heterocycles. The topological polar surface area (TPSA) is 38.3 Å². The predicted molar refractivity (Wildman–Crippen MR) is 148 cm³/mol. The lowest BCUT2D eigenvalue weighted by Gasteiger charge is -2.21. The molecule has 0 heterocycles. The maximum Gasteiger partial charge on any atom is 0.231 e. The Balaban J connectivity index is 1.62. The largest absolute Gasteiger partial charge is 0.489 e. The summed E-state index contributed by atoms with van der Waals surface area (Å²) in [4.78, 5) is 13.7. The summed E-state index contributed by atoms with van der Waals surface area (Å²) in [6.07, 6.45) is 1.54. The fourth-order valence-electron chi connectivity index (χ4n) is 4.45. The van der Waals surface area contributed by atoms with Crippen molar-refractivity contribution in [3.63, 3.8) is 0 Å². The molecule has 184 valence electrons. The van der Waals surface area contributed by atoms with Crippen molar-refractivity contribution < 1.29 is 9.53 Å². The van der Waals surface area contributed by atoms with E-state index in [1.807, 2.05) is 60.7 Å². The molecule has 4 rings (SSSR count). The quantitative estimate of drug-likeness (QED) is 0.252. The summed E-state index contributed by atoms with van der Waals surface area (Å²) in [5.74, 6) is 1.05. The minimum atomic E-state index is -0.207. The number of nitrogens with one attached hydrogen (secondary N) is 1. The molecule has 1 amide bonds. The van der Waals surface area contributed by atoms with Gasteiger partial charge in [-0.15, -0.1) is 0 Å². The molecule has 0 saturated heterocycles. The average molecular weight is 478 g/mol. The van der Waals surface area contributed by atoms with Gasteiger partial charge in [-0.3, -0.25) is 4.79 Å². The number of aryl methyl sites for hydroxylation is 1. The van der Waals surface area contributed by atoms with Gasteiger partial charge in [-0.25, -0.2) is 0 Å². The highest BCUT2D eigenvalue weighted by molar-refractivity contribution is 5.96. The third-order valence-corrected chi connectivity index (χ3v) is 6.45. The number of anilines is 1. The Morgan fingerprint density at radius 3 is 2.17 bits per heavy atom. The Morgan fingerprint density at radius 1 is 0.806 bits per heavy atom. The Labute approximate surface area is 215 Å². The zero-order valence-electron chi connectivity index (χ0n) is 21.4. The molecule has 1 unspecified atom stereocenters. The number of benzene rings is 4. The van der Waals surface area contributed by atoms with Gasteiger partial charge in [0.2, 0.25) is 5.91 Å². The smallest absolute Gasteiger partial charge is 0.231 e. The second-order valence-corrected chi connectivity index (χ2v) is 9.78. The summed E-state index contributed by atoms with van der Waals surface area (Å²) in [6.45, 7) is 6.89. The van der Waals surface area contributed by atoms with Crippen molar-refractivity contribution in [3.05, 3.63) is 131 Å². The summed E-state index contributed by atoms with van der Waals surface area (Å²) in [5.41, 5.74) is 6.51. The van der Waals surface area contributed by atoms with Crippen LogP contribution in [0.5, 0.6) is 5.75 Å². The molecule has 36 heavy (non-hydrogen) atoms. The minimum Gasteiger partial charge on any atom is -0.489 e. The molecule has 0 fully saturated rings. The summed E-state index contributed by atoms with van der Waals surface area (Å²) >= 11 is 0. The first kappa shape index (κ1) is 25.2. The summed E-state index contributed by atoms with van der Waals surface area (Å²) in [6, 6.07) is 34.6. The van der Waals surface area contributed by atoms with Crippen molar-refractivity contribution in [1.82, 2.24) is 0 Å². The Morgan fingerprint density at radius 2 is 1.47 bits per heavy atom. The maximum atomic E-state index is 13.7. The van der Waals surface area contributed by atoms with E-state index in [9.17, 15) is 4.79 Å². The Kier molecular flexibility index (Phi) is 8.57. The van der Waals surface area contributed by atoms with Crippen LogP contribution in [0.15, 0.2) is 103 Å².